The fraction of sp³-hybridized carbons (Fsp3) is 0.174. The summed E-state index contributed by atoms with van der Waals surface area (Å²) in [5.74, 6) is -3.43. The van der Waals surface area contributed by atoms with E-state index in [4.69, 9.17) is 28.3 Å². The van der Waals surface area contributed by atoms with Crippen molar-refractivity contribution in [2.75, 3.05) is 0 Å². The largest absolute Gasteiger partial charge is 0.507 e. The molecule has 2 aliphatic rings. The molecule has 0 fully saturated rings. The van der Waals surface area contributed by atoms with Crippen LogP contribution in [0.2, 0.25) is 0 Å². The minimum atomic E-state index is -1.32. The lowest BCUT2D eigenvalue weighted by molar-refractivity contribution is -0.134. The van der Waals surface area contributed by atoms with Crippen LogP contribution in [0.1, 0.15) is 28.4 Å². The van der Waals surface area contributed by atoms with E-state index in [1.165, 1.54) is 19.1 Å². The Morgan fingerprint density at radius 3 is 2.35 bits per heavy atom. The number of aromatic carboxylic acids is 1. The second kappa shape index (κ2) is 8.57. The summed E-state index contributed by atoms with van der Waals surface area (Å²) in [7, 11) is 0. The molecule has 0 amide bonds. The number of hydrogen-bond donors (Lipinski definition) is 3. The third-order valence-electron chi connectivity index (χ3n) is 5.29. The van der Waals surface area contributed by atoms with Crippen molar-refractivity contribution in [3.8, 4) is 5.75 Å². The van der Waals surface area contributed by atoms with Crippen LogP contribution >= 0.6 is 23.2 Å². The molecule has 0 radical (unpaired) electrons. The highest BCUT2D eigenvalue weighted by molar-refractivity contribution is 6.34. The number of carboxylic acids is 2. The topological polar surface area (TPSA) is 112 Å². The number of Topliss-reactive ketones (excluding diaryl/α,β-unsaturated/α-hetero) is 1. The van der Waals surface area contributed by atoms with Gasteiger partial charge in [-0.3, -0.25) is 4.79 Å². The maximum Gasteiger partial charge on any atom is 0.339 e. The van der Waals surface area contributed by atoms with Crippen molar-refractivity contribution in [1.82, 2.24) is 0 Å². The Labute approximate surface area is 188 Å². The van der Waals surface area contributed by atoms with Crippen molar-refractivity contribution < 1.29 is 29.7 Å². The number of hydrogen-bond acceptors (Lipinski definition) is 4. The minimum Gasteiger partial charge on any atom is -0.507 e. The monoisotopic (exact) mass is 460 g/mol. The fourth-order valence-electron chi connectivity index (χ4n) is 3.49. The molecule has 0 aliphatic heterocycles. The van der Waals surface area contributed by atoms with E-state index >= 15 is 0 Å². The number of benzene rings is 1. The first-order valence-corrected chi connectivity index (χ1v) is 10.0. The minimum absolute atomic E-state index is 0.200. The molecule has 0 saturated heterocycles. The normalized spacial score (nSPS) is 21.2. The average Bonchev–Trinajstić information content (AvgIpc) is 2.70. The van der Waals surface area contributed by atoms with Gasteiger partial charge in [-0.25, -0.2) is 9.59 Å². The number of carboxylic acid groups (broad SMARTS) is 2. The van der Waals surface area contributed by atoms with Crippen molar-refractivity contribution in [3.63, 3.8) is 0 Å². The third-order valence-corrected chi connectivity index (χ3v) is 6.16. The number of rotatable bonds is 4. The van der Waals surface area contributed by atoms with Crippen LogP contribution in [0.25, 0.3) is 0 Å². The van der Waals surface area contributed by atoms with Gasteiger partial charge < -0.3 is 15.3 Å². The van der Waals surface area contributed by atoms with Gasteiger partial charge in [-0.1, -0.05) is 23.7 Å². The fourth-order valence-corrected chi connectivity index (χ4v) is 4.18. The van der Waals surface area contributed by atoms with Gasteiger partial charge in [0.1, 0.15) is 16.9 Å². The Morgan fingerprint density at radius 1 is 1.06 bits per heavy atom. The molecular weight excluding hydrogens is 443 g/mol. The van der Waals surface area contributed by atoms with Gasteiger partial charge in [0.05, 0.1) is 5.38 Å². The first-order valence-electron chi connectivity index (χ1n) is 9.20. The number of phenols is 1. The molecule has 2 aliphatic carbocycles. The Balaban J connectivity index is 2.04. The van der Waals surface area contributed by atoms with Crippen LogP contribution in [-0.4, -0.2) is 38.4 Å². The number of alkyl halides is 1. The van der Waals surface area contributed by atoms with Crippen LogP contribution in [0.5, 0.6) is 5.75 Å². The summed E-state index contributed by atoms with van der Waals surface area (Å²) in [6.45, 7) is 3.14. The van der Waals surface area contributed by atoms with E-state index < -0.39 is 23.1 Å². The van der Waals surface area contributed by atoms with Gasteiger partial charge in [0.2, 0.25) is 0 Å². The summed E-state index contributed by atoms with van der Waals surface area (Å²) in [6, 6.07) is 2.91. The quantitative estimate of drug-likeness (QED) is 0.451. The SMILES string of the molecule is CC1=CC(=C2C=CC(Cl)=C(Cc3ccc(C(=O)O)c(O)c3C)C2Cl)C=C(C(=O)O)C1=O. The zero-order chi connectivity index (χ0) is 23.0. The van der Waals surface area contributed by atoms with Crippen molar-refractivity contribution in [1.29, 1.82) is 0 Å². The molecule has 0 saturated carbocycles. The summed E-state index contributed by atoms with van der Waals surface area (Å²) < 4.78 is 0. The number of carbonyl (C=O) groups excluding carboxylic acids is 1. The smallest absolute Gasteiger partial charge is 0.339 e. The molecule has 0 bridgehead atoms. The predicted molar refractivity (Wildman–Crippen MR) is 117 cm³/mol. The number of aromatic hydroxyl groups is 1. The molecule has 0 heterocycles. The Morgan fingerprint density at radius 2 is 1.74 bits per heavy atom. The molecule has 8 heteroatoms. The number of aliphatic carboxylic acids is 1. The van der Waals surface area contributed by atoms with E-state index in [1.807, 2.05) is 0 Å². The Bertz CT molecular complexity index is 1180. The van der Waals surface area contributed by atoms with Crippen LogP contribution in [0.4, 0.5) is 0 Å². The molecule has 0 spiro atoms. The lowest BCUT2D eigenvalue weighted by atomic mass is 9.86. The van der Waals surface area contributed by atoms with Crippen LogP contribution in [0, 0.1) is 6.92 Å². The summed E-state index contributed by atoms with van der Waals surface area (Å²) >= 11 is 13.1. The first kappa shape index (κ1) is 22.6. The average molecular weight is 461 g/mol. The lowest BCUT2D eigenvalue weighted by Crippen LogP contribution is -2.19. The van der Waals surface area contributed by atoms with E-state index in [0.29, 0.717) is 32.9 Å². The van der Waals surface area contributed by atoms with Gasteiger partial charge in [-0.2, -0.15) is 0 Å². The van der Waals surface area contributed by atoms with E-state index in [9.17, 15) is 24.6 Å². The van der Waals surface area contributed by atoms with E-state index in [-0.39, 0.29) is 28.9 Å². The highest BCUT2D eigenvalue weighted by Crippen LogP contribution is 2.37. The van der Waals surface area contributed by atoms with Crippen LogP contribution in [0.3, 0.4) is 0 Å². The number of allylic oxidation sites excluding steroid dienone is 9. The van der Waals surface area contributed by atoms with Crippen LogP contribution in [0.15, 0.2) is 69.3 Å². The van der Waals surface area contributed by atoms with E-state index in [0.717, 1.165) is 0 Å². The van der Waals surface area contributed by atoms with Gasteiger partial charge in [-0.15, -0.1) is 11.6 Å². The lowest BCUT2D eigenvalue weighted by Gasteiger charge is -2.24. The molecule has 31 heavy (non-hydrogen) atoms. The summed E-state index contributed by atoms with van der Waals surface area (Å²) in [5.41, 5.74) is 2.47. The number of ketones is 1. The highest BCUT2D eigenvalue weighted by Gasteiger charge is 2.28. The molecule has 3 N–H and O–H groups in total. The Kier molecular flexibility index (Phi) is 6.25. The zero-order valence-corrected chi connectivity index (χ0v) is 18.1. The summed E-state index contributed by atoms with van der Waals surface area (Å²) in [5, 5.41) is 28.4. The number of halogens is 2. The van der Waals surface area contributed by atoms with Crippen LogP contribution < -0.4 is 0 Å². The molecule has 3 rings (SSSR count). The molecule has 1 aromatic carbocycles. The number of carbonyl (C=O) groups is 3. The second-order valence-corrected chi connectivity index (χ2v) is 8.07. The zero-order valence-electron chi connectivity index (χ0n) is 16.6. The summed E-state index contributed by atoms with van der Waals surface area (Å²) in [6.07, 6.45) is 6.42. The van der Waals surface area contributed by atoms with Crippen molar-refractivity contribution in [2.45, 2.75) is 25.6 Å². The molecule has 1 aromatic rings. The van der Waals surface area contributed by atoms with Gasteiger partial charge in [0.25, 0.3) is 0 Å². The van der Waals surface area contributed by atoms with Crippen molar-refractivity contribution in [3.05, 3.63) is 86.0 Å². The van der Waals surface area contributed by atoms with Crippen LogP contribution in [-0.2, 0) is 16.0 Å². The Hall–Kier alpha value is -3.09. The van der Waals surface area contributed by atoms with E-state index in [2.05, 4.69) is 0 Å². The molecular formula is C23H18Cl2O6. The van der Waals surface area contributed by atoms with Gasteiger partial charge in [-0.05, 0) is 78.0 Å². The molecule has 6 nitrogen and oxygen atoms in total. The van der Waals surface area contributed by atoms with Gasteiger partial charge >= 0.3 is 11.9 Å². The highest BCUT2D eigenvalue weighted by atomic mass is 35.5. The standard InChI is InChI=1S/C23H18Cl2O6/c1-10-7-13(9-17(20(10)26)23(30)31)14-5-6-18(24)16(19(14)25)8-12-3-4-15(22(28)29)21(27)11(12)2/h3-7,9,19,27H,8H2,1-2H3,(H,28,29)(H,30,31). The second-order valence-electron chi connectivity index (χ2n) is 7.23. The third kappa shape index (κ3) is 4.22. The van der Waals surface area contributed by atoms with Crippen molar-refractivity contribution in [2.24, 2.45) is 0 Å². The molecule has 160 valence electrons. The predicted octanol–water partition coefficient (Wildman–Crippen LogP) is 4.45. The van der Waals surface area contributed by atoms with Gasteiger partial charge in [0, 0.05) is 5.03 Å². The molecule has 0 aromatic heterocycles. The maximum atomic E-state index is 12.1. The molecule has 1 unspecified atom stereocenters. The first-order chi connectivity index (χ1) is 14.5. The maximum absolute atomic E-state index is 12.1. The van der Waals surface area contributed by atoms with E-state index in [1.54, 1.807) is 31.2 Å². The van der Waals surface area contributed by atoms with Gasteiger partial charge in [0.15, 0.2) is 5.78 Å². The van der Waals surface area contributed by atoms with Crippen molar-refractivity contribution >= 4 is 40.9 Å². The summed E-state index contributed by atoms with van der Waals surface area (Å²) in [4.78, 5) is 34.7. The molecule has 1 atom stereocenters.